The Morgan fingerprint density at radius 2 is 1.86 bits per heavy atom. The molecule has 1 aromatic carbocycles. The van der Waals surface area contributed by atoms with E-state index in [1.807, 2.05) is 30.8 Å². The molecule has 0 radical (unpaired) electrons. The van der Waals surface area contributed by atoms with Crippen molar-refractivity contribution in [3.63, 3.8) is 0 Å². The van der Waals surface area contributed by atoms with Crippen LogP contribution in [0.5, 0.6) is 5.75 Å². The van der Waals surface area contributed by atoms with E-state index in [1.165, 1.54) is 0 Å². The molecule has 0 aliphatic carbocycles. The van der Waals surface area contributed by atoms with E-state index in [1.54, 1.807) is 18.3 Å². The van der Waals surface area contributed by atoms with Crippen molar-refractivity contribution in [3.8, 4) is 11.4 Å². The second-order valence-electron chi connectivity index (χ2n) is 3.38. The molecule has 2 aromatic rings. The van der Waals surface area contributed by atoms with Crippen LogP contribution in [-0.4, -0.2) is 14.9 Å². The molecule has 0 atom stereocenters. The lowest BCUT2D eigenvalue weighted by molar-refractivity contribution is 0.474. The van der Waals surface area contributed by atoms with Gasteiger partial charge in [-0.2, -0.15) is 5.10 Å². The van der Waals surface area contributed by atoms with Crippen LogP contribution >= 0.6 is 0 Å². The zero-order chi connectivity index (χ0) is 10.1. The average Bonchev–Trinajstić information content (AvgIpc) is 2.54. The van der Waals surface area contributed by atoms with Crippen molar-refractivity contribution >= 4 is 0 Å². The van der Waals surface area contributed by atoms with Gasteiger partial charge in [-0.05, 0) is 43.2 Å². The van der Waals surface area contributed by atoms with Gasteiger partial charge in [-0.15, -0.1) is 0 Å². The second-order valence-corrected chi connectivity index (χ2v) is 3.38. The summed E-state index contributed by atoms with van der Waals surface area (Å²) in [6.45, 7) is 3.92. The third kappa shape index (κ3) is 1.37. The highest BCUT2D eigenvalue weighted by Gasteiger charge is 2.06. The van der Waals surface area contributed by atoms with E-state index in [0.29, 0.717) is 5.75 Å². The van der Waals surface area contributed by atoms with Gasteiger partial charge in [-0.3, -0.25) is 0 Å². The molecule has 0 spiro atoms. The van der Waals surface area contributed by atoms with Gasteiger partial charge in [-0.1, -0.05) is 0 Å². The number of aromatic hydroxyl groups is 1. The lowest BCUT2D eigenvalue weighted by atomic mass is 10.1. The summed E-state index contributed by atoms with van der Waals surface area (Å²) in [5, 5.41) is 13.6. The monoisotopic (exact) mass is 188 g/mol. The predicted molar refractivity (Wildman–Crippen MR) is 54.7 cm³/mol. The normalized spacial score (nSPS) is 10.4. The first-order valence-electron chi connectivity index (χ1n) is 4.48. The molecule has 0 fully saturated rings. The molecule has 0 aliphatic rings. The SMILES string of the molecule is Cc1cc(O)cc(C)c1-n1cccn1. The Balaban J connectivity index is 2.64. The maximum atomic E-state index is 9.39. The first-order chi connectivity index (χ1) is 6.68. The van der Waals surface area contributed by atoms with Crippen LogP contribution in [0.2, 0.25) is 0 Å². The van der Waals surface area contributed by atoms with Gasteiger partial charge in [0.1, 0.15) is 5.75 Å². The van der Waals surface area contributed by atoms with E-state index in [4.69, 9.17) is 0 Å². The summed E-state index contributed by atoms with van der Waals surface area (Å²) >= 11 is 0. The lowest BCUT2D eigenvalue weighted by Gasteiger charge is -2.10. The molecule has 0 saturated heterocycles. The number of aromatic nitrogens is 2. The van der Waals surface area contributed by atoms with E-state index in [9.17, 15) is 5.11 Å². The summed E-state index contributed by atoms with van der Waals surface area (Å²) in [5.74, 6) is 0.302. The van der Waals surface area contributed by atoms with Gasteiger partial charge >= 0.3 is 0 Å². The number of hydrogen-bond acceptors (Lipinski definition) is 2. The van der Waals surface area contributed by atoms with Gasteiger partial charge in [-0.25, -0.2) is 4.68 Å². The van der Waals surface area contributed by atoms with Crippen LogP contribution in [0.1, 0.15) is 11.1 Å². The lowest BCUT2D eigenvalue weighted by Crippen LogP contribution is -2.00. The van der Waals surface area contributed by atoms with Crippen molar-refractivity contribution < 1.29 is 5.11 Å². The minimum atomic E-state index is 0.302. The van der Waals surface area contributed by atoms with Crippen molar-refractivity contribution in [1.29, 1.82) is 0 Å². The number of rotatable bonds is 1. The van der Waals surface area contributed by atoms with Gasteiger partial charge < -0.3 is 5.11 Å². The maximum Gasteiger partial charge on any atom is 0.116 e. The molecular weight excluding hydrogens is 176 g/mol. The summed E-state index contributed by atoms with van der Waals surface area (Å²) in [4.78, 5) is 0. The standard InChI is InChI=1S/C11H12N2O/c1-8-6-10(14)7-9(2)11(8)13-5-3-4-12-13/h3-7,14H,1-2H3. The van der Waals surface area contributed by atoms with Crippen LogP contribution in [0.4, 0.5) is 0 Å². The van der Waals surface area contributed by atoms with Gasteiger partial charge in [0.2, 0.25) is 0 Å². The molecule has 0 saturated carbocycles. The summed E-state index contributed by atoms with van der Waals surface area (Å²) in [7, 11) is 0. The van der Waals surface area contributed by atoms with Crippen LogP contribution in [0.15, 0.2) is 30.6 Å². The summed E-state index contributed by atoms with van der Waals surface area (Å²) in [5.41, 5.74) is 3.07. The fourth-order valence-electron chi connectivity index (χ4n) is 1.70. The van der Waals surface area contributed by atoms with E-state index in [2.05, 4.69) is 5.10 Å². The minimum Gasteiger partial charge on any atom is -0.508 e. The zero-order valence-electron chi connectivity index (χ0n) is 8.23. The van der Waals surface area contributed by atoms with Crippen molar-refractivity contribution in [1.82, 2.24) is 9.78 Å². The Labute approximate surface area is 82.6 Å². The largest absolute Gasteiger partial charge is 0.508 e. The molecular formula is C11H12N2O. The molecule has 0 bridgehead atoms. The first-order valence-corrected chi connectivity index (χ1v) is 4.48. The Morgan fingerprint density at radius 1 is 1.21 bits per heavy atom. The second kappa shape index (κ2) is 3.18. The molecule has 0 aliphatic heterocycles. The number of benzene rings is 1. The third-order valence-corrected chi connectivity index (χ3v) is 2.21. The summed E-state index contributed by atoms with van der Waals surface area (Å²) in [6.07, 6.45) is 3.64. The third-order valence-electron chi connectivity index (χ3n) is 2.21. The molecule has 72 valence electrons. The molecule has 1 N–H and O–H groups in total. The number of nitrogens with zero attached hydrogens (tertiary/aromatic N) is 2. The fourth-order valence-corrected chi connectivity index (χ4v) is 1.70. The molecule has 0 unspecified atom stereocenters. The Morgan fingerprint density at radius 3 is 2.36 bits per heavy atom. The Kier molecular flexibility index (Phi) is 2.00. The first kappa shape index (κ1) is 8.81. The number of hydrogen-bond donors (Lipinski definition) is 1. The van der Waals surface area contributed by atoms with Crippen LogP contribution in [0.25, 0.3) is 5.69 Å². The van der Waals surface area contributed by atoms with Gasteiger partial charge in [0.05, 0.1) is 5.69 Å². The summed E-state index contributed by atoms with van der Waals surface area (Å²) < 4.78 is 1.81. The Bertz CT molecular complexity index is 423. The number of phenols is 1. The fraction of sp³-hybridized carbons (Fsp3) is 0.182. The van der Waals surface area contributed by atoms with Crippen LogP contribution < -0.4 is 0 Å². The molecule has 3 nitrogen and oxygen atoms in total. The molecule has 0 amide bonds. The van der Waals surface area contributed by atoms with Gasteiger partial charge in [0.15, 0.2) is 0 Å². The van der Waals surface area contributed by atoms with Crippen molar-refractivity contribution in [3.05, 3.63) is 41.7 Å². The van der Waals surface area contributed by atoms with Crippen LogP contribution in [0, 0.1) is 13.8 Å². The Hall–Kier alpha value is -1.77. The van der Waals surface area contributed by atoms with Crippen molar-refractivity contribution in [2.75, 3.05) is 0 Å². The van der Waals surface area contributed by atoms with E-state index in [0.717, 1.165) is 16.8 Å². The minimum absolute atomic E-state index is 0.302. The maximum absolute atomic E-state index is 9.39. The van der Waals surface area contributed by atoms with E-state index < -0.39 is 0 Å². The molecule has 3 heteroatoms. The highest BCUT2D eigenvalue weighted by Crippen LogP contribution is 2.23. The number of aryl methyl sites for hydroxylation is 2. The van der Waals surface area contributed by atoms with E-state index in [-0.39, 0.29) is 0 Å². The quantitative estimate of drug-likeness (QED) is 0.745. The van der Waals surface area contributed by atoms with Crippen LogP contribution in [0.3, 0.4) is 0 Å². The molecule has 1 aromatic heterocycles. The predicted octanol–water partition coefficient (Wildman–Crippen LogP) is 2.19. The average molecular weight is 188 g/mol. The van der Waals surface area contributed by atoms with Crippen LogP contribution in [-0.2, 0) is 0 Å². The van der Waals surface area contributed by atoms with Crippen molar-refractivity contribution in [2.45, 2.75) is 13.8 Å². The highest BCUT2D eigenvalue weighted by molar-refractivity contribution is 5.50. The smallest absolute Gasteiger partial charge is 0.116 e. The molecule has 14 heavy (non-hydrogen) atoms. The zero-order valence-corrected chi connectivity index (χ0v) is 8.23. The molecule has 1 heterocycles. The van der Waals surface area contributed by atoms with Crippen molar-refractivity contribution in [2.24, 2.45) is 0 Å². The topological polar surface area (TPSA) is 38.0 Å². The van der Waals surface area contributed by atoms with Gasteiger partial charge in [0.25, 0.3) is 0 Å². The number of phenolic OH excluding ortho intramolecular Hbond substituents is 1. The van der Waals surface area contributed by atoms with E-state index >= 15 is 0 Å². The highest BCUT2D eigenvalue weighted by atomic mass is 16.3. The summed E-state index contributed by atoms with van der Waals surface area (Å²) in [6, 6.07) is 5.36. The molecule has 2 rings (SSSR count). The van der Waals surface area contributed by atoms with Gasteiger partial charge in [0, 0.05) is 12.4 Å².